The summed E-state index contributed by atoms with van der Waals surface area (Å²) < 4.78 is 5.21. The number of hydrogen-bond donors (Lipinski definition) is 2. The Morgan fingerprint density at radius 2 is 2.11 bits per heavy atom. The number of benzene rings is 1. The minimum Gasteiger partial charge on any atom is -0.497 e. The molecule has 1 aromatic carbocycles. The number of rotatable bonds is 5. The van der Waals surface area contributed by atoms with Crippen molar-refractivity contribution >= 4 is 5.69 Å². The Hall–Kier alpha value is -1.22. The summed E-state index contributed by atoms with van der Waals surface area (Å²) in [5, 5.41) is 13.0. The van der Waals surface area contributed by atoms with Crippen molar-refractivity contribution in [3.63, 3.8) is 0 Å². The molecule has 18 heavy (non-hydrogen) atoms. The molecule has 1 aromatic rings. The van der Waals surface area contributed by atoms with E-state index in [0.29, 0.717) is 5.92 Å². The lowest BCUT2D eigenvalue weighted by Crippen LogP contribution is -2.33. The van der Waals surface area contributed by atoms with Crippen molar-refractivity contribution in [1.29, 1.82) is 0 Å². The molecular formula is C15H23NO2. The van der Waals surface area contributed by atoms with Crippen LogP contribution in [0.4, 0.5) is 5.69 Å². The summed E-state index contributed by atoms with van der Waals surface area (Å²) in [5.41, 5.74) is 1.03. The summed E-state index contributed by atoms with van der Waals surface area (Å²) in [6.45, 7) is 0.196. The lowest BCUT2D eigenvalue weighted by atomic mass is 9.84. The average molecular weight is 249 g/mol. The molecule has 1 atom stereocenters. The van der Waals surface area contributed by atoms with Gasteiger partial charge in [-0.2, -0.15) is 0 Å². The Balaban J connectivity index is 1.99. The van der Waals surface area contributed by atoms with Crippen LogP contribution < -0.4 is 10.1 Å². The highest BCUT2D eigenvalue weighted by Gasteiger charge is 2.22. The minimum absolute atomic E-state index is 0.164. The van der Waals surface area contributed by atoms with Gasteiger partial charge in [0, 0.05) is 11.8 Å². The molecule has 100 valence electrons. The monoisotopic (exact) mass is 249 g/mol. The molecule has 0 aliphatic heterocycles. The standard InChI is InChI=1S/C15H23NO2/c1-18-14-9-5-8-13(10-14)16-15(11-17)12-6-3-2-4-7-12/h5,8-10,12,15-17H,2-4,6-7,11H2,1H3. The summed E-state index contributed by atoms with van der Waals surface area (Å²) in [7, 11) is 1.67. The van der Waals surface area contributed by atoms with Gasteiger partial charge in [-0.05, 0) is 30.9 Å². The van der Waals surface area contributed by atoms with Crippen LogP contribution in [0.5, 0.6) is 5.75 Å². The molecule has 1 aliphatic carbocycles. The van der Waals surface area contributed by atoms with Crippen LogP contribution in [0.25, 0.3) is 0 Å². The lowest BCUT2D eigenvalue weighted by Gasteiger charge is -2.30. The molecule has 3 heteroatoms. The summed E-state index contributed by atoms with van der Waals surface area (Å²) in [6.07, 6.45) is 6.38. The normalized spacial score (nSPS) is 18.3. The highest BCUT2D eigenvalue weighted by Crippen LogP contribution is 2.28. The minimum atomic E-state index is 0.164. The fourth-order valence-electron chi connectivity index (χ4n) is 2.78. The van der Waals surface area contributed by atoms with Crippen LogP contribution in [0.2, 0.25) is 0 Å². The van der Waals surface area contributed by atoms with Gasteiger partial charge in [-0.25, -0.2) is 0 Å². The topological polar surface area (TPSA) is 41.5 Å². The first kappa shape index (κ1) is 13.2. The van der Waals surface area contributed by atoms with Crippen molar-refractivity contribution < 1.29 is 9.84 Å². The first-order valence-electron chi connectivity index (χ1n) is 6.85. The van der Waals surface area contributed by atoms with E-state index in [1.807, 2.05) is 24.3 Å². The Bertz CT molecular complexity index is 361. The van der Waals surface area contributed by atoms with Crippen LogP contribution in [0.15, 0.2) is 24.3 Å². The van der Waals surface area contributed by atoms with E-state index < -0.39 is 0 Å². The molecule has 3 nitrogen and oxygen atoms in total. The van der Waals surface area contributed by atoms with Crippen LogP contribution >= 0.6 is 0 Å². The molecule has 1 unspecified atom stereocenters. The van der Waals surface area contributed by atoms with Gasteiger partial charge in [-0.3, -0.25) is 0 Å². The summed E-state index contributed by atoms with van der Waals surface area (Å²) in [5.74, 6) is 1.44. The van der Waals surface area contributed by atoms with Crippen LogP contribution in [0.3, 0.4) is 0 Å². The van der Waals surface area contributed by atoms with E-state index in [0.717, 1.165) is 11.4 Å². The van der Waals surface area contributed by atoms with Crippen molar-refractivity contribution in [2.45, 2.75) is 38.1 Å². The van der Waals surface area contributed by atoms with Crippen molar-refractivity contribution in [3.05, 3.63) is 24.3 Å². The Morgan fingerprint density at radius 1 is 1.33 bits per heavy atom. The second-order valence-corrected chi connectivity index (χ2v) is 5.06. The second-order valence-electron chi connectivity index (χ2n) is 5.06. The molecule has 0 bridgehead atoms. The maximum atomic E-state index is 9.57. The second kappa shape index (κ2) is 6.64. The lowest BCUT2D eigenvalue weighted by molar-refractivity contribution is 0.209. The summed E-state index contributed by atoms with van der Waals surface area (Å²) in [4.78, 5) is 0. The van der Waals surface area contributed by atoms with Gasteiger partial charge in [0.15, 0.2) is 0 Å². The smallest absolute Gasteiger partial charge is 0.120 e. The molecule has 1 fully saturated rings. The Kier molecular flexibility index (Phi) is 4.88. The molecule has 1 aliphatic rings. The van der Waals surface area contributed by atoms with Crippen molar-refractivity contribution in [1.82, 2.24) is 0 Å². The zero-order chi connectivity index (χ0) is 12.8. The molecule has 0 aromatic heterocycles. The molecule has 0 amide bonds. The maximum absolute atomic E-state index is 9.57. The van der Waals surface area contributed by atoms with Gasteiger partial charge in [-0.1, -0.05) is 25.3 Å². The summed E-state index contributed by atoms with van der Waals surface area (Å²) in [6, 6.07) is 8.06. The van der Waals surface area contributed by atoms with E-state index in [2.05, 4.69) is 5.32 Å². The van der Waals surface area contributed by atoms with Crippen molar-refractivity contribution in [3.8, 4) is 5.75 Å². The number of anilines is 1. The van der Waals surface area contributed by atoms with Crippen molar-refractivity contribution in [2.75, 3.05) is 19.0 Å². The van der Waals surface area contributed by atoms with E-state index in [1.165, 1.54) is 32.1 Å². The first-order valence-corrected chi connectivity index (χ1v) is 6.85. The van der Waals surface area contributed by atoms with E-state index in [4.69, 9.17) is 4.74 Å². The zero-order valence-corrected chi connectivity index (χ0v) is 11.1. The van der Waals surface area contributed by atoms with Crippen LogP contribution in [0.1, 0.15) is 32.1 Å². The van der Waals surface area contributed by atoms with Gasteiger partial charge < -0.3 is 15.2 Å². The predicted molar refractivity (Wildman–Crippen MR) is 74.1 cm³/mol. The average Bonchev–Trinajstić information content (AvgIpc) is 2.46. The first-order chi connectivity index (χ1) is 8.83. The third-order valence-electron chi connectivity index (χ3n) is 3.84. The van der Waals surface area contributed by atoms with Gasteiger partial charge in [-0.15, -0.1) is 0 Å². The van der Waals surface area contributed by atoms with Gasteiger partial charge in [0.2, 0.25) is 0 Å². The highest BCUT2D eigenvalue weighted by atomic mass is 16.5. The molecule has 0 spiro atoms. The van der Waals surface area contributed by atoms with E-state index >= 15 is 0 Å². The number of hydrogen-bond acceptors (Lipinski definition) is 3. The largest absolute Gasteiger partial charge is 0.497 e. The van der Waals surface area contributed by atoms with E-state index in [1.54, 1.807) is 7.11 Å². The van der Waals surface area contributed by atoms with E-state index in [-0.39, 0.29) is 12.6 Å². The van der Waals surface area contributed by atoms with Gasteiger partial charge in [0.25, 0.3) is 0 Å². The molecule has 0 heterocycles. The fraction of sp³-hybridized carbons (Fsp3) is 0.600. The SMILES string of the molecule is COc1cccc(NC(CO)C2CCCCC2)c1. The number of methoxy groups -OCH3 is 1. The zero-order valence-electron chi connectivity index (χ0n) is 11.1. The summed E-state index contributed by atoms with van der Waals surface area (Å²) >= 11 is 0. The van der Waals surface area contributed by atoms with Gasteiger partial charge in [0.05, 0.1) is 19.8 Å². The Labute approximate surface area is 109 Å². The molecule has 2 rings (SSSR count). The van der Waals surface area contributed by atoms with Crippen molar-refractivity contribution in [2.24, 2.45) is 5.92 Å². The molecule has 2 N–H and O–H groups in total. The molecule has 0 saturated heterocycles. The van der Waals surface area contributed by atoms with Crippen LogP contribution in [-0.2, 0) is 0 Å². The molecule has 1 saturated carbocycles. The predicted octanol–water partition coefficient (Wildman–Crippen LogP) is 3.05. The van der Waals surface area contributed by atoms with Crippen LogP contribution in [0, 0.1) is 5.92 Å². The number of ether oxygens (including phenoxy) is 1. The maximum Gasteiger partial charge on any atom is 0.120 e. The number of aliphatic hydroxyl groups excluding tert-OH is 1. The molecular weight excluding hydrogens is 226 g/mol. The Morgan fingerprint density at radius 3 is 2.78 bits per heavy atom. The quantitative estimate of drug-likeness (QED) is 0.842. The fourth-order valence-corrected chi connectivity index (χ4v) is 2.78. The number of nitrogens with one attached hydrogen (secondary N) is 1. The highest BCUT2D eigenvalue weighted by molar-refractivity contribution is 5.49. The van der Waals surface area contributed by atoms with Gasteiger partial charge >= 0.3 is 0 Å². The van der Waals surface area contributed by atoms with Crippen LogP contribution in [-0.4, -0.2) is 24.9 Å². The third kappa shape index (κ3) is 3.39. The van der Waals surface area contributed by atoms with Gasteiger partial charge in [0.1, 0.15) is 5.75 Å². The van der Waals surface area contributed by atoms with E-state index in [9.17, 15) is 5.11 Å². The third-order valence-corrected chi connectivity index (χ3v) is 3.84. The number of aliphatic hydroxyl groups is 1. The molecule has 0 radical (unpaired) electrons.